The second kappa shape index (κ2) is 6.91. The number of hydrogen-bond donors (Lipinski definition) is 2. The van der Waals surface area contributed by atoms with E-state index in [0.717, 1.165) is 12.8 Å². The maximum Gasteiger partial charge on any atom is 0.332 e. The van der Waals surface area contributed by atoms with Crippen molar-refractivity contribution in [1.82, 2.24) is 0 Å². The van der Waals surface area contributed by atoms with Gasteiger partial charge in [0.1, 0.15) is 0 Å². The predicted molar refractivity (Wildman–Crippen MR) is 79.6 cm³/mol. The lowest BCUT2D eigenvalue weighted by molar-refractivity contribution is -0.147. The van der Waals surface area contributed by atoms with Crippen molar-refractivity contribution in [2.24, 2.45) is 16.7 Å². The highest BCUT2D eigenvalue weighted by atomic mass is 16.4. The van der Waals surface area contributed by atoms with E-state index >= 15 is 0 Å². The molecule has 20 heavy (non-hydrogen) atoms. The van der Waals surface area contributed by atoms with E-state index in [4.69, 9.17) is 0 Å². The van der Waals surface area contributed by atoms with Crippen LogP contribution in [-0.2, 0) is 9.59 Å². The number of rotatable bonds is 7. The van der Waals surface area contributed by atoms with Crippen molar-refractivity contribution in [3.8, 4) is 0 Å². The molecule has 0 spiro atoms. The summed E-state index contributed by atoms with van der Waals surface area (Å²) < 4.78 is 0. The van der Waals surface area contributed by atoms with Crippen LogP contribution in [0.4, 0.5) is 0 Å². The smallest absolute Gasteiger partial charge is 0.332 e. The van der Waals surface area contributed by atoms with Gasteiger partial charge in [0, 0.05) is 5.57 Å². The molecule has 1 unspecified atom stereocenters. The van der Waals surface area contributed by atoms with E-state index in [-0.39, 0.29) is 11.0 Å². The van der Waals surface area contributed by atoms with E-state index in [9.17, 15) is 19.8 Å². The van der Waals surface area contributed by atoms with Gasteiger partial charge in [0.15, 0.2) is 0 Å². The Morgan fingerprint density at radius 2 is 1.60 bits per heavy atom. The molecular formula is C16H28O4. The van der Waals surface area contributed by atoms with Gasteiger partial charge >= 0.3 is 11.9 Å². The molecule has 0 aromatic rings. The summed E-state index contributed by atoms with van der Waals surface area (Å²) >= 11 is 0. The quantitative estimate of drug-likeness (QED) is 0.694. The third-order valence-electron chi connectivity index (χ3n) is 3.81. The topological polar surface area (TPSA) is 74.6 Å². The monoisotopic (exact) mass is 284 g/mol. The second-order valence-electron chi connectivity index (χ2n) is 7.16. The molecule has 0 aliphatic carbocycles. The van der Waals surface area contributed by atoms with Gasteiger partial charge in [-0.25, -0.2) is 4.79 Å². The van der Waals surface area contributed by atoms with E-state index in [1.54, 1.807) is 26.8 Å². The van der Waals surface area contributed by atoms with Gasteiger partial charge in [-0.3, -0.25) is 4.79 Å². The third-order valence-corrected chi connectivity index (χ3v) is 3.81. The van der Waals surface area contributed by atoms with Crippen LogP contribution in [0.25, 0.3) is 0 Å². The van der Waals surface area contributed by atoms with Gasteiger partial charge in [-0.2, -0.15) is 0 Å². The van der Waals surface area contributed by atoms with Crippen molar-refractivity contribution >= 4 is 11.9 Å². The van der Waals surface area contributed by atoms with Crippen LogP contribution in [0.1, 0.15) is 60.8 Å². The molecule has 0 rings (SSSR count). The first kappa shape index (κ1) is 18.7. The van der Waals surface area contributed by atoms with Gasteiger partial charge in [0.05, 0.1) is 5.92 Å². The van der Waals surface area contributed by atoms with E-state index < -0.39 is 23.3 Å². The van der Waals surface area contributed by atoms with Crippen molar-refractivity contribution < 1.29 is 19.8 Å². The Morgan fingerprint density at radius 1 is 1.10 bits per heavy atom. The molecule has 2 N–H and O–H groups in total. The normalized spacial score (nSPS) is 15.0. The van der Waals surface area contributed by atoms with E-state index in [1.165, 1.54) is 0 Å². The fraction of sp³-hybridized carbons (Fsp3) is 0.750. The van der Waals surface area contributed by atoms with E-state index in [0.29, 0.717) is 6.42 Å². The van der Waals surface area contributed by atoms with Gasteiger partial charge in [0.2, 0.25) is 0 Å². The molecule has 0 aromatic carbocycles. The molecule has 4 nitrogen and oxygen atoms in total. The molecule has 0 saturated heterocycles. The van der Waals surface area contributed by atoms with Crippen LogP contribution in [0, 0.1) is 16.7 Å². The number of aliphatic carboxylic acids is 2. The zero-order chi connectivity index (χ0) is 16.1. The zero-order valence-electron chi connectivity index (χ0n) is 13.5. The molecule has 0 heterocycles. The van der Waals surface area contributed by atoms with Crippen molar-refractivity contribution in [2.45, 2.75) is 60.8 Å². The molecule has 0 bridgehead atoms. The molecule has 116 valence electrons. The van der Waals surface area contributed by atoms with Crippen LogP contribution in [0.5, 0.6) is 0 Å². The van der Waals surface area contributed by atoms with Crippen LogP contribution in [0.15, 0.2) is 11.6 Å². The van der Waals surface area contributed by atoms with Crippen molar-refractivity contribution in [3.63, 3.8) is 0 Å². The Bertz CT molecular complexity index is 386. The summed E-state index contributed by atoms with van der Waals surface area (Å²) in [6, 6.07) is 0. The second-order valence-corrected chi connectivity index (χ2v) is 7.16. The van der Waals surface area contributed by atoms with Gasteiger partial charge in [0.25, 0.3) is 0 Å². The van der Waals surface area contributed by atoms with Crippen molar-refractivity contribution in [3.05, 3.63) is 11.6 Å². The van der Waals surface area contributed by atoms with E-state index in [1.807, 2.05) is 0 Å². The Morgan fingerprint density at radius 3 is 1.90 bits per heavy atom. The summed E-state index contributed by atoms with van der Waals surface area (Å²) in [4.78, 5) is 22.8. The minimum absolute atomic E-state index is 0.00287. The van der Waals surface area contributed by atoms with Gasteiger partial charge in [-0.1, -0.05) is 54.0 Å². The number of allylic oxidation sites excluding steroid dienone is 1. The fourth-order valence-electron chi connectivity index (χ4n) is 2.09. The average Bonchev–Trinajstić information content (AvgIpc) is 2.24. The molecule has 0 amide bonds. The molecule has 0 aromatic heterocycles. The Kier molecular flexibility index (Phi) is 6.45. The summed E-state index contributed by atoms with van der Waals surface area (Å²) in [5.74, 6) is -3.22. The number of carbonyl (C=O) groups is 2. The largest absolute Gasteiger partial charge is 0.481 e. The summed E-state index contributed by atoms with van der Waals surface area (Å²) in [5.41, 5.74) is -0.492. The van der Waals surface area contributed by atoms with Crippen LogP contribution in [-0.4, -0.2) is 22.2 Å². The predicted octanol–water partition coefficient (Wildman–Crippen LogP) is 3.96. The highest BCUT2D eigenvalue weighted by Gasteiger charge is 2.37. The lowest BCUT2D eigenvalue weighted by Crippen LogP contribution is -2.33. The van der Waals surface area contributed by atoms with Crippen LogP contribution in [0.3, 0.4) is 0 Å². The maximum atomic E-state index is 11.4. The molecule has 0 saturated carbocycles. The average molecular weight is 284 g/mol. The molecule has 0 aliphatic rings. The van der Waals surface area contributed by atoms with Crippen molar-refractivity contribution in [1.29, 1.82) is 0 Å². The minimum Gasteiger partial charge on any atom is -0.481 e. The highest BCUT2D eigenvalue weighted by molar-refractivity contribution is 5.94. The summed E-state index contributed by atoms with van der Waals surface area (Å²) in [6.07, 6.45) is 4.02. The maximum absolute atomic E-state index is 11.4. The molecule has 0 radical (unpaired) electrons. The number of carboxylic acids is 2. The highest BCUT2D eigenvalue weighted by Crippen LogP contribution is 2.34. The molecule has 1 atom stereocenters. The standard InChI is InChI=1S/C16H28O4/c1-7-16(5,6)10-8-9-11(13(17)18)12(14(19)20)15(2,3)4/h9,12H,7-8,10H2,1-6H3,(H,17,18)(H,19,20)/b11-9-. The molecule has 0 aliphatic heterocycles. The van der Waals surface area contributed by atoms with Crippen LogP contribution in [0.2, 0.25) is 0 Å². The van der Waals surface area contributed by atoms with Crippen molar-refractivity contribution in [2.75, 3.05) is 0 Å². The lowest BCUT2D eigenvalue weighted by atomic mass is 9.75. The molecule has 4 heteroatoms. The third kappa shape index (κ3) is 5.76. The molecular weight excluding hydrogens is 256 g/mol. The first-order chi connectivity index (χ1) is 8.92. The van der Waals surface area contributed by atoms with Crippen LogP contribution < -0.4 is 0 Å². The lowest BCUT2D eigenvalue weighted by Gasteiger charge is -2.28. The number of hydrogen-bond acceptors (Lipinski definition) is 2. The van der Waals surface area contributed by atoms with Gasteiger partial charge < -0.3 is 10.2 Å². The Balaban J connectivity index is 5.23. The summed E-state index contributed by atoms with van der Waals surface area (Å²) in [5, 5.41) is 18.6. The molecule has 0 fully saturated rings. The summed E-state index contributed by atoms with van der Waals surface area (Å²) in [6.45, 7) is 11.6. The first-order valence-electron chi connectivity index (χ1n) is 7.08. The van der Waals surface area contributed by atoms with Crippen LogP contribution >= 0.6 is 0 Å². The summed E-state index contributed by atoms with van der Waals surface area (Å²) in [7, 11) is 0. The van der Waals surface area contributed by atoms with E-state index in [2.05, 4.69) is 20.8 Å². The van der Waals surface area contributed by atoms with Gasteiger partial charge in [-0.15, -0.1) is 0 Å². The number of carboxylic acid groups (broad SMARTS) is 2. The van der Waals surface area contributed by atoms with Gasteiger partial charge in [-0.05, 0) is 23.7 Å². The SMILES string of the molecule is CCC(C)(C)CC/C=C(\C(=O)O)C(C(=O)O)C(C)(C)C. The Hall–Kier alpha value is -1.32. The Labute approximate surface area is 121 Å². The zero-order valence-corrected chi connectivity index (χ0v) is 13.5. The first-order valence-corrected chi connectivity index (χ1v) is 7.08. The minimum atomic E-state index is -1.14. The fourth-order valence-corrected chi connectivity index (χ4v) is 2.09.